The van der Waals surface area contributed by atoms with E-state index in [0.717, 1.165) is 6.07 Å². The van der Waals surface area contributed by atoms with Gasteiger partial charge in [-0.05, 0) is 17.5 Å². The van der Waals surface area contributed by atoms with Crippen LogP contribution in [-0.2, 0) is 5.41 Å². The molecular weight excluding hydrogens is 213 g/mol. The summed E-state index contributed by atoms with van der Waals surface area (Å²) in [6.07, 6.45) is -1.02. The average molecular weight is 227 g/mol. The Labute approximate surface area is 92.8 Å². The van der Waals surface area contributed by atoms with Gasteiger partial charge in [-0.15, -0.1) is 0 Å². The zero-order valence-corrected chi connectivity index (χ0v) is 9.37. The summed E-state index contributed by atoms with van der Waals surface area (Å²) < 4.78 is 18.4. The van der Waals surface area contributed by atoms with Crippen LogP contribution >= 0.6 is 0 Å². The molecule has 0 spiro atoms. The van der Waals surface area contributed by atoms with Crippen LogP contribution in [0.3, 0.4) is 0 Å². The fourth-order valence-electron chi connectivity index (χ4n) is 1.44. The van der Waals surface area contributed by atoms with Gasteiger partial charge in [0.25, 0.3) is 0 Å². The number of hydrogen-bond donors (Lipinski definition) is 2. The molecule has 0 unspecified atom stereocenters. The molecule has 1 amide bonds. The summed E-state index contributed by atoms with van der Waals surface area (Å²) in [4.78, 5) is 10.7. The number of primary amides is 1. The molecule has 0 radical (unpaired) electrons. The van der Waals surface area contributed by atoms with Gasteiger partial charge in [-0.25, -0.2) is 9.18 Å². The Kier molecular flexibility index (Phi) is 3.07. The predicted molar refractivity (Wildman–Crippen MR) is 57.0 cm³/mol. The van der Waals surface area contributed by atoms with Crippen molar-refractivity contribution in [2.75, 3.05) is 0 Å². The Balaban J connectivity index is 3.39. The minimum Gasteiger partial charge on any atom is -0.505 e. The van der Waals surface area contributed by atoms with Crippen molar-refractivity contribution in [1.82, 2.24) is 0 Å². The van der Waals surface area contributed by atoms with Gasteiger partial charge in [0.05, 0.1) is 0 Å². The number of carbonyl (C=O) groups is 1. The summed E-state index contributed by atoms with van der Waals surface area (Å²) in [5, 5.41) is 9.28. The molecule has 0 atom stereocenters. The van der Waals surface area contributed by atoms with Gasteiger partial charge in [-0.1, -0.05) is 20.8 Å². The normalized spacial score (nSPS) is 11.2. The minimum atomic E-state index is -1.02. The van der Waals surface area contributed by atoms with Crippen LogP contribution in [0, 0.1) is 5.82 Å². The highest BCUT2D eigenvalue weighted by Gasteiger charge is 2.26. The number of aromatic hydroxyl groups is 1. The lowest BCUT2D eigenvalue weighted by atomic mass is 9.85. The Morgan fingerprint density at radius 1 is 1.44 bits per heavy atom. The minimum absolute atomic E-state index is 0.0234. The van der Waals surface area contributed by atoms with E-state index in [1.165, 1.54) is 6.07 Å². The summed E-state index contributed by atoms with van der Waals surface area (Å²) in [7, 11) is 0. The second-order valence-electron chi connectivity index (χ2n) is 4.44. The van der Waals surface area contributed by atoms with Crippen LogP contribution in [0.5, 0.6) is 11.5 Å². The molecule has 16 heavy (non-hydrogen) atoms. The van der Waals surface area contributed by atoms with Crippen molar-refractivity contribution in [2.45, 2.75) is 26.2 Å². The summed E-state index contributed by atoms with van der Waals surface area (Å²) in [5.41, 5.74) is 4.38. The van der Waals surface area contributed by atoms with E-state index in [4.69, 9.17) is 10.5 Å². The monoisotopic (exact) mass is 227 g/mol. The van der Waals surface area contributed by atoms with Gasteiger partial charge in [0.1, 0.15) is 5.75 Å². The van der Waals surface area contributed by atoms with Crippen molar-refractivity contribution >= 4 is 6.09 Å². The summed E-state index contributed by atoms with van der Waals surface area (Å²) in [6, 6.07) is 2.42. The number of phenolic OH excluding ortho intramolecular Hbond substituents is 1. The van der Waals surface area contributed by atoms with Crippen molar-refractivity contribution in [1.29, 1.82) is 0 Å². The summed E-state index contributed by atoms with van der Waals surface area (Å²) in [6.45, 7) is 5.20. The lowest BCUT2D eigenvalue weighted by molar-refractivity contribution is 0.209. The van der Waals surface area contributed by atoms with Gasteiger partial charge in [0, 0.05) is 5.56 Å². The zero-order valence-electron chi connectivity index (χ0n) is 9.37. The van der Waals surface area contributed by atoms with Gasteiger partial charge < -0.3 is 15.6 Å². The molecule has 0 aliphatic heterocycles. The second-order valence-corrected chi connectivity index (χ2v) is 4.44. The van der Waals surface area contributed by atoms with Gasteiger partial charge in [-0.2, -0.15) is 0 Å². The maximum atomic E-state index is 13.7. The highest BCUT2D eigenvalue weighted by Crippen LogP contribution is 2.37. The zero-order chi connectivity index (χ0) is 12.5. The largest absolute Gasteiger partial charge is 0.505 e. The maximum absolute atomic E-state index is 13.7. The number of benzene rings is 1. The molecule has 0 saturated heterocycles. The first-order valence-electron chi connectivity index (χ1n) is 4.72. The van der Waals surface area contributed by atoms with Crippen LogP contribution in [0.15, 0.2) is 12.1 Å². The Morgan fingerprint density at radius 2 is 2.00 bits per heavy atom. The second kappa shape index (κ2) is 4.00. The number of ether oxygens (including phenoxy) is 1. The first-order chi connectivity index (χ1) is 7.23. The summed E-state index contributed by atoms with van der Waals surface area (Å²) >= 11 is 0. The lowest BCUT2D eigenvalue weighted by Crippen LogP contribution is -2.21. The highest BCUT2D eigenvalue weighted by molar-refractivity contribution is 5.69. The standard InChI is InChI=1S/C11H14FNO3/c1-11(2,3)8-7(16-10(13)15)5-4-6(14)9(8)12/h4-5,14H,1-3H3,(H2,13,15). The number of phenols is 1. The number of nitrogens with two attached hydrogens (primary N) is 1. The predicted octanol–water partition coefficient (Wildman–Crippen LogP) is 2.29. The molecule has 3 N–H and O–H groups in total. The molecule has 1 aromatic carbocycles. The van der Waals surface area contributed by atoms with Crippen molar-refractivity contribution in [3.05, 3.63) is 23.5 Å². The molecule has 0 aliphatic rings. The number of halogens is 1. The lowest BCUT2D eigenvalue weighted by Gasteiger charge is -2.22. The van der Waals surface area contributed by atoms with Crippen LogP contribution in [0.4, 0.5) is 9.18 Å². The van der Waals surface area contributed by atoms with Gasteiger partial charge >= 0.3 is 6.09 Å². The van der Waals surface area contributed by atoms with E-state index in [1.807, 2.05) is 0 Å². The Bertz CT molecular complexity index is 424. The van der Waals surface area contributed by atoms with Crippen LogP contribution in [0.2, 0.25) is 0 Å². The van der Waals surface area contributed by atoms with E-state index >= 15 is 0 Å². The SMILES string of the molecule is CC(C)(C)c1c(OC(N)=O)ccc(O)c1F. The van der Waals surface area contributed by atoms with Gasteiger partial charge in [-0.3, -0.25) is 0 Å². The molecule has 1 rings (SSSR count). The average Bonchev–Trinajstić information content (AvgIpc) is 2.08. The Morgan fingerprint density at radius 3 is 2.44 bits per heavy atom. The van der Waals surface area contributed by atoms with E-state index in [0.29, 0.717) is 0 Å². The van der Waals surface area contributed by atoms with Crippen LogP contribution < -0.4 is 10.5 Å². The third kappa shape index (κ3) is 2.42. The van der Waals surface area contributed by atoms with Crippen molar-refractivity contribution in [2.24, 2.45) is 5.73 Å². The quantitative estimate of drug-likeness (QED) is 0.773. The van der Waals surface area contributed by atoms with E-state index < -0.39 is 23.1 Å². The molecular formula is C11H14FNO3. The third-order valence-electron chi connectivity index (χ3n) is 2.04. The van der Waals surface area contributed by atoms with E-state index in [9.17, 15) is 14.3 Å². The number of rotatable bonds is 1. The van der Waals surface area contributed by atoms with Crippen LogP contribution in [0.25, 0.3) is 0 Å². The fraction of sp³-hybridized carbons (Fsp3) is 0.364. The van der Waals surface area contributed by atoms with E-state index in [-0.39, 0.29) is 11.3 Å². The van der Waals surface area contributed by atoms with Crippen molar-refractivity contribution < 1.29 is 19.0 Å². The molecule has 0 saturated carbocycles. The van der Waals surface area contributed by atoms with Gasteiger partial charge in [0.15, 0.2) is 11.6 Å². The molecule has 88 valence electrons. The molecule has 0 aliphatic carbocycles. The summed E-state index contributed by atoms with van der Waals surface area (Å²) in [5.74, 6) is -1.26. The number of hydrogen-bond acceptors (Lipinski definition) is 3. The molecule has 0 bridgehead atoms. The molecule has 0 fully saturated rings. The first-order valence-corrected chi connectivity index (χ1v) is 4.72. The van der Waals surface area contributed by atoms with Crippen molar-refractivity contribution in [3.63, 3.8) is 0 Å². The maximum Gasteiger partial charge on any atom is 0.409 e. The van der Waals surface area contributed by atoms with E-state index in [1.54, 1.807) is 20.8 Å². The molecule has 1 aromatic rings. The van der Waals surface area contributed by atoms with E-state index in [2.05, 4.69) is 0 Å². The number of amides is 1. The molecule has 4 nitrogen and oxygen atoms in total. The topological polar surface area (TPSA) is 72.5 Å². The molecule has 0 heterocycles. The third-order valence-corrected chi connectivity index (χ3v) is 2.04. The van der Waals surface area contributed by atoms with Crippen LogP contribution in [0.1, 0.15) is 26.3 Å². The highest BCUT2D eigenvalue weighted by atomic mass is 19.1. The van der Waals surface area contributed by atoms with Gasteiger partial charge in [0.2, 0.25) is 0 Å². The van der Waals surface area contributed by atoms with Crippen molar-refractivity contribution in [3.8, 4) is 11.5 Å². The Hall–Kier alpha value is -1.78. The van der Waals surface area contributed by atoms with Crippen LogP contribution in [-0.4, -0.2) is 11.2 Å². The molecule has 0 aromatic heterocycles. The molecule has 5 heteroatoms. The smallest absolute Gasteiger partial charge is 0.409 e. The number of carbonyl (C=O) groups excluding carboxylic acids is 1. The fourth-order valence-corrected chi connectivity index (χ4v) is 1.44. The first kappa shape index (κ1) is 12.3.